The van der Waals surface area contributed by atoms with Crippen molar-refractivity contribution < 1.29 is 13.2 Å². The number of benzene rings is 1. The fourth-order valence-electron chi connectivity index (χ4n) is 4.11. The van der Waals surface area contributed by atoms with Crippen LogP contribution in [0.3, 0.4) is 0 Å². The molecule has 3 rings (SSSR count). The predicted octanol–water partition coefficient (Wildman–Crippen LogP) is 1.46. The van der Waals surface area contributed by atoms with Crippen molar-refractivity contribution in [2.24, 2.45) is 5.92 Å². The summed E-state index contributed by atoms with van der Waals surface area (Å²) in [5.74, 6) is -0.0311. The average Bonchev–Trinajstić information content (AvgIpc) is 2.74. The zero-order valence-corrected chi connectivity index (χ0v) is 19.4. The second-order valence-corrected chi connectivity index (χ2v) is 10.7. The number of hydrogen-bond acceptors (Lipinski definition) is 5. The number of piperidine rings is 1. The van der Waals surface area contributed by atoms with Gasteiger partial charge in [0.1, 0.15) is 0 Å². The summed E-state index contributed by atoms with van der Waals surface area (Å²) < 4.78 is 27.4. The maximum Gasteiger partial charge on any atom is 0.243 e. The molecule has 0 radical (unpaired) electrons. The van der Waals surface area contributed by atoms with Crippen LogP contribution < -0.4 is 5.32 Å². The number of rotatable bonds is 7. The predicted molar refractivity (Wildman–Crippen MR) is 119 cm³/mol. The molecule has 1 amide bonds. The van der Waals surface area contributed by atoms with Crippen molar-refractivity contribution in [3.8, 4) is 0 Å². The van der Waals surface area contributed by atoms with Crippen LogP contribution in [0.1, 0.15) is 30.4 Å². The third-order valence-electron chi connectivity index (χ3n) is 6.49. The maximum absolute atomic E-state index is 12.9. The third-order valence-corrected chi connectivity index (χ3v) is 8.38. The van der Waals surface area contributed by atoms with Crippen molar-refractivity contribution in [2.45, 2.75) is 38.0 Å². The van der Waals surface area contributed by atoms with Crippen LogP contribution in [0.25, 0.3) is 0 Å². The van der Waals surface area contributed by atoms with Gasteiger partial charge in [0.25, 0.3) is 0 Å². The molecule has 0 unspecified atom stereocenters. The quantitative estimate of drug-likeness (QED) is 0.655. The Bertz CT molecular complexity index is 827. The van der Waals surface area contributed by atoms with E-state index < -0.39 is 10.0 Å². The van der Waals surface area contributed by atoms with E-state index >= 15 is 0 Å². The molecule has 2 fully saturated rings. The number of carbonyl (C=O) groups excluding carboxylic acids is 1. The number of carbonyl (C=O) groups is 1. The van der Waals surface area contributed by atoms with Gasteiger partial charge in [-0.3, -0.25) is 4.79 Å². The van der Waals surface area contributed by atoms with E-state index in [0.717, 1.165) is 50.3 Å². The molecule has 2 saturated heterocycles. The molecule has 30 heavy (non-hydrogen) atoms. The van der Waals surface area contributed by atoms with Gasteiger partial charge in [-0.05, 0) is 70.0 Å². The largest absolute Gasteiger partial charge is 0.356 e. The fraction of sp³-hybridized carbons (Fsp3) is 0.682. The van der Waals surface area contributed by atoms with Gasteiger partial charge in [0.2, 0.25) is 15.9 Å². The van der Waals surface area contributed by atoms with Gasteiger partial charge in [0.15, 0.2) is 0 Å². The Morgan fingerprint density at radius 3 is 2.33 bits per heavy atom. The summed E-state index contributed by atoms with van der Waals surface area (Å²) in [7, 11) is -1.35. The summed E-state index contributed by atoms with van der Waals surface area (Å²) in [4.78, 5) is 17.6. The SMILES string of the molecule is Cc1ccc(S(=O)(=O)N2CCC(C(=O)NCCCN3CCN(C)CC3)CC2)cc1C. The summed E-state index contributed by atoms with van der Waals surface area (Å²) >= 11 is 0. The number of aryl methyl sites for hydroxylation is 2. The van der Waals surface area contributed by atoms with Crippen LogP contribution in [0.4, 0.5) is 0 Å². The minimum Gasteiger partial charge on any atom is -0.356 e. The van der Waals surface area contributed by atoms with E-state index in [-0.39, 0.29) is 11.8 Å². The molecule has 0 atom stereocenters. The van der Waals surface area contributed by atoms with Crippen LogP contribution in [-0.2, 0) is 14.8 Å². The molecular formula is C22H36N4O3S. The summed E-state index contributed by atoms with van der Waals surface area (Å²) in [6.45, 7) is 10.8. The lowest BCUT2D eigenvalue weighted by Crippen LogP contribution is -2.45. The molecule has 2 aliphatic rings. The zero-order valence-electron chi connectivity index (χ0n) is 18.6. The molecule has 1 N–H and O–H groups in total. The number of nitrogens with one attached hydrogen (secondary N) is 1. The second kappa shape index (κ2) is 10.2. The highest BCUT2D eigenvalue weighted by Crippen LogP contribution is 2.25. The van der Waals surface area contributed by atoms with Gasteiger partial charge < -0.3 is 15.1 Å². The van der Waals surface area contributed by atoms with E-state index in [1.807, 2.05) is 19.9 Å². The molecule has 2 aliphatic heterocycles. The summed E-state index contributed by atoms with van der Waals surface area (Å²) in [5, 5.41) is 3.06. The number of likely N-dealkylation sites (N-methyl/N-ethyl adjacent to an activating group) is 1. The van der Waals surface area contributed by atoms with Crippen molar-refractivity contribution in [1.29, 1.82) is 0 Å². The molecule has 1 aromatic rings. The van der Waals surface area contributed by atoms with Crippen LogP contribution in [0.5, 0.6) is 0 Å². The Balaban J connectivity index is 1.41. The molecule has 8 heteroatoms. The molecular weight excluding hydrogens is 400 g/mol. The molecule has 0 spiro atoms. The van der Waals surface area contributed by atoms with Gasteiger partial charge in [-0.25, -0.2) is 8.42 Å². The fourth-order valence-corrected chi connectivity index (χ4v) is 5.67. The van der Waals surface area contributed by atoms with Gasteiger partial charge in [-0.2, -0.15) is 4.31 Å². The molecule has 2 heterocycles. The van der Waals surface area contributed by atoms with Crippen molar-refractivity contribution in [2.75, 3.05) is 59.4 Å². The van der Waals surface area contributed by atoms with Crippen molar-refractivity contribution in [1.82, 2.24) is 19.4 Å². The summed E-state index contributed by atoms with van der Waals surface area (Å²) in [6.07, 6.45) is 2.11. The molecule has 0 aromatic heterocycles. The first-order chi connectivity index (χ1) is 14.3. The van der Waals surface area contributed by atoms with E-state index in [0.29, 0.717) is 37.4 Å². The third kappa shape index (κ3) is 5.81. The van der Waals surface area contributed by atoms with Crippen LogP contribution >= 0.6 is 0 Å². The number of hydrogen-bond donors (Lipinski definition) is 1. The highest BCUT2D eigenvalue weighted by molar-refractivity contribution is 7.89. The monoisotopic (exact) mass is 436 g/mol. The Morgan fingerprint density at radius 2 is 1.70 bits per heavy atom. The number of amides is 1. The highest BCUT2D eigenvalue weighted by atomic mass is 32.2. The van der Waals surface area contributed by atoms with Gasteiger partial charge in [0, 0.05) is 51.7 Å². The Hall–Kier alpha value is -1.48. The molecule has 1 aromatic carbocycles. The van der Waals surface area contributed by atoms with Gasteiger partial charge in [-0.15, -0.1) is 0 Å². The van der Waals surface area contributed by atoms with Crippen LogP contribution in [-0.4, -0.2) is 87.8 Å². The van der Waals surface area contributed by atoms with E-state index in [4.69, 9.17) is 0 Å². The van der Waals surface area contributed by atoms with E-state index in [1.54, 1.807) is 12.1 Å². The molecule has 168 valence electrons. The zero-order chi connectivity index (χ0) is 21.7. The van der Waals surface area contributed by atoms with E-state index in [9.17, 15) is 13.2 Å². The van der Waals surface area contributed by atoms with E-state index in [1.165, 1.54) is 4.31 Å². The molecule has 0 saturated carbocycles. The first-order valence-corrected chi connectivity index (χ1v) is 12.5. The lowest BCUT2D eigenvalue weighted by Gasteiger charge is -2.32. The van der Waals surface area contributed by atoms with Crippen LogP contribution in [0.2, 0.25) is 0 Å². The standard InChI is InChI=1S/C22H36N4O3S/c1-18-5-6-21(17-19(18)2)30(28,29)26-11-7-20(8-12-26)22(27)23-9-4-10-25-15-13-24(3)14-16-25/h5-6,17,20H,4,7-16H2,1-3H3,(H,23,27). The van der Waals surface area contributed by atoms with Crippen molar-refractivity contribution in [3.63, 3.8) is 0 Å². The summed E-state index contributed by atoms with van der Waals surface area (Å²) in [6, 6.07) is 5.27. The second-order valence-electron chi connectivity index (χ2n) is 8.71. The lowest BCUT2D eigenvalue weighted by atomic mass is 9.97. The maximum atomic E-state index is 12.9. The lowest BCUT2D eigenvalue weighted by molar-refractivity contribution is -0.126. The average molecular weight is 437 g/mol. The Kier molecular flexibility index (Phi) is 7.90. The number of nitrogens with zero attached hydrogens (tertiary/aromatic N) is 3. The number of sulfonamides is 1. The minimum absolute atomic E-state index is 0.0663. The van der Waals surface area contributed by atoms with Crippen molar-refractivity contribution >= 4 is 15.9 Å². The van der Waals surface area contributed by atoms with Crippen molar-refractivity contribution in [3.05, 3.63) is 29.3 Å². The first kappa shape index (κ1) is 23.2. The van der Waals surface area contributed by atoms with Gasteiger partial charge >= 0.3 is 0 Å². The normalized spacial score (nSPS) is 20.4. The van der Waals surface area contributed by atoms with Crippen LogP contribution in [0, 0.1) is 19.8 Å². The Morgan fingerprint density at radius 1 is 1.03 bits per heavy atom. The van der Waals surface area contributed by atoms with Crippen LogP contribution in [0.15, 0.2) is 23.1 Å². The molecule has 7 nitrogen and oxygen atoms in total. The highest BCUT2D eigenvalue weighted by Gasteiger charge is 2.32. The molecule has 0 bridgehead atoms. The van der Waals surface area contributed by atoms with E-state index in [2.05, 4.69) is 22.2 Å². The molecule has 0 aliphatic carbocycles. The smallest absolute Gasteiger partial charge is 0.243 e. The summed E-state index contributed by atoms with van der Waals surface area (Å²) in [5.41, 5.74) is 2.05. The Labute approximate surface area is 181 Å². The van der Waals surface area contributed by atoms with Gasteiger partial charge in [-0.1, -0.05) is 6.07 Å². The topological polar surface area (TPSA) is 73.0 Å². The first-order valence-electron chi connectivity index (χ1n) is 11.0. The number of piperazine rings is 1. The van der Waals surface area contributed by atoms with Gasteiger partial charge in [0.05, 0.1) is 4.90 Å². The minimum atomic E-state index is -3.50.